The second-order valence-electron chi connectivity index (χ2n) is 9.20. The topological polar surface area (TPSA) is 103 Å². The highest BCUT2D eigenvalue weighted by Gasteiger charge is 2.27. The van der Waals surface area contributed by atoms with E-state index in [4.69, 9.17) is 9.47 Å². The van der Waals surface area contributed by atoms with Crippen LogP contribution in [0.4, 0.5) is 11.5 Å². The molecule has 39 heavy (non-hydrogen) atoms. The zero-order valence-corrected chi connectivity index (χ0v) is 21.8. The third-order valence-electron chi connectivity index (χ3n) is 6.76. The summed E-state index contributed by atoms with van der Waals surface area (Å²) in [6, 6.07) is 17.4. The number of benzene rings is 2. The van der Waals surface area contributed by atoms with Crippen molar-refractivity contribution in [2.24, 2.45) is 7.05 Å². The molecule has 0 spiro atoms. The van der Waals surface area contributed by atoms with Gasteiger partial charge in [0, 0.05) is 36.5 Å². The fraction of sp³-hybridized carbons (Fsp3) is 0.133. The maximum atomic E-state index is 11.9. The average Bonchev–Trinajstić information content (AvgIpc) is 3.14. The van der Waals surface area contributed by atoms with E-state index < -0.39 is 0 Å². The van der Waals surface area contributed by atoms with Crippen molar-refractivity contribution in [1.29, 1.82) is 0 Å². The van der Waals surface area contributed by atoms with Crippen molar-refractivity contribution in [2.75, 3.05) is 17.7 Å². The second kappa shape index (κ2) is 9.60. The Labute approximate surface area is 225 Å². The van der Waals surface area contributed by atoms with E-state index in [2.05, 4.69) is 42.8 Å². The molecular weight excluding hydrogens is 492 g/mol. The molecule has 0 bridgehead atoms. The van der Waals surface area contributed by atoms with Gasteiger partial charge in [-0.3, -0.25) is 4.79 Å². The summed E-state index contributed by atoms with van der Waals surface area (Å²) in [5, 5.41) is 7.21. The zero-order chi connectivity index (χ0) is 27.1. The van der Waals surface area contributed by atoms with E-state index in [1.807, 2.05) is 62.5 Å². The van der Waals surface area contributed by atoms with Gasteiger partial charge in [0.15, 0.2) is 0 Å². The first kappa shape index (κ1) is 24.2. The van der Waals surface area contributed by atoms with Crippen LogP contribution >= 0.6 is 0 Å². The van der Waals surface area contributed by atoms with Crippen LogP contribution in [0, 0.1) is 6.92 Å². The van der Waals surface area contributed by atoms with Gasteiger partial charge in [0.25, 0.3) is 0 Å². The molecule has 194 valence electrons. The first-order valence-corrected chi connectivity index (χ1v) is 12.4. The first-order valence-electron chi connectivity index (χ1n) is 12.4. The number of carbonyl (C=O) groups excluding carboxylic acids is 1. The predicted octanol–water partition coefficient (Wildman–Crippen LogP) is 5.86. The number of nitrogens with one attached hydrogen (secondary N) is 2. The van der Waals surface area contributed by atoms with Gasteiger partial charge in [0.1, 0.15) is 29.3 Å². The molecule has 9 nitrogen and oxygen atoms in total. The Hall–Kier alpha value is -5.18. The molecule has 1 aliphatic rings. The van der Waals surface area contributed by atoms with E-state index in [1.54, 1.807) is 13.4 Å². The fourth-order valence-corrected chi connectivity index (χ4v) is 5.01. The smallest absolute Gasteiger partial charge is 0.247 e. The highest BCUT2D eigenvalue weighted by Crippen LogP contribution is 2.46. The van der Waals surface area contributed by atoms with Gasteiger partial charge in [0.2, 0.25) is 11.8 Å². The highest BCUT2D eigenvalue weighted by molar-refractivity contribution is 6.10. The number of aryl methyl sites for hydroxylation is 2. The number of aromatic nitrogens is 4. The van der Waals surface area contributed by atoms with E-state index >= 15 is 0 Å². The van der Waals surface area contributed by atoms with Crippen molar-refractivity contribution in [3.63, 3.8) is 0 Å². The van der Waals surface area contributed by atoms with E-state index in [0.717, 1.165) is 50.5 Å². The number of methoxy groups -OCH3 is 1. The Morgan fingerprint density at radius 1 is 1.15 bits per heavy atom. The molecule has 2 aromatic carbocycles. The summed E-state index contributed by atoms with van der Waals surface area (Å²) in [4.78, 5) is 25.6. The van der Waals surface area contributed by atoms with Crippen LogP contribution in [0.5, 0.6) is 17.4 Å². The van der Waals surface area contributed by atoms with Gasteiger partial charge < -0.3 is 24.7 Å². The number of amides is 1. The summed E-state index contributed by atoms with van der Waals surface area (Å²) < 4.78 is 13.8. The normalized spacial score (nSPS) is 11.8. The van der Waals surface area contributed by atoms with Gasteiger partial charge in [-0.1, -0.05) is 24.8 Å². The van der Waals surface area contributed by atoms with E-state index in [-0.39, 0.29) is 5.91 Å². The number of anilines is 2. The molecule has 9 heteroatoms. The SMILES string of the molecule is C=CC(=O)Nc1ccc(-c2c3c4c(ncnc4n2C)NCc2cc(Oc4cccc(C)n4)ccc2-3)cc1OC. The largest absolute Gasteiger partial charge is 0.495 e. The monoisotopic (exact) mass is 518 g/mol. The van der Waals surface area contributed by atoms with Crippen LogP contribution in [0.3, 0.4) is 0 Å². The molecule has 6 rings (SSSR count). The van der Waals surface area contributed by atoms with Crippen LogP contribution in [0.2, 0.25) is 0 Å². The Kier molecular flexibility index (Phi) is 5.95. The minimum atomic E-state index is -0.309. The lowest BCUT2D eigenvalue weighted by Crippen LogP contribution is -2.08. The van der Waals surface area contributed by atoms with Gasteiger partial charge in [-0.05, 0) is 54.5 Å². The Morgan fingerprint density at radius 3 is 2.82 bits per heavy atom. The summed E-state index contributed by atoms with van der Waals surface area (Å²) in [5.74, 6) is 2.23. The first-order chi connectivity index (χ1) is 19.0. The molecule has 0 radical (unpaired) electrons. The quantitative estimate of drug-likeness (QED) is 0.272. The van der Waals surface area contributed by atoms with Gasteiger partial charge in [-0.2, -0.15) is 0 Å². The van der Waals surface area contributed by atoms with Crippen molar-refractivity contribution >= 4 is 28.4 Å². The molecule has 1 aliphatic heterocycles. The molecule has 0 fully saturated rings. The Morgan fingerprint density at radius 2 is 2.03 bits per heavy atom. The fourth-order valence-electron chi connectivity index (χ4n) is 5.01. The number of pyridine rings is 1. The molecule has 0 atom stereocenters. The molecule has 0 aliphatic carbocycles. The second-order valence-corrected chi connectivity index (χ2v) is 9.20. The summed E-state index contributed by atoms with van der Waals surface area (Å²) >= 11 is 0. The lowest BCUT2D eigenvalue weighted by molar-refractivity contribution is -0.111. The van der Waals surface area contributed by atoms with Crippen molar-refractivity contribution in [1.82, 2.24) is 19.5 Å². The summed E-state index contributed by atoms with van der Waals surface area (Å²) in [7, 11) is 3.56. The average molecular weight is 519 g/mol. The van der Waals surface area contributed by atoms with Crippen LogP contribution in [0.1, 0.15) is 11.3 Å². The maximum absolute atomic E-state index is 11.9. The molecular formula is C30H26N6O3. The van der Waals surface area contributed by atoms with Crippen molar-refractivity contribution in [3.8, 4) is 39.8 Å². The van der Waals surface area contributed by atoms with Crippen LogP contribution in [-0.4, -0.2) is 32.5 Å². The molecule has 3 aromatic heterocycles. The predicted molar refractivity (Wildman–Crippen MR) is 151 cm³/mol. The molecule has 4 heterocycles. The molecule has 1 amide bonds. The van der Waals surface area contributed by atoms with Gasteiger partial charge >= 0.3 is 0 Å². The number of fused-ring (bicyclic) bond motifs is 2. The highest BCUT2D eigenvalue weighted by atomic mass is 16.5. The maximum Gasteiger partial charge on any atom is 0.247 e. The third kappa shape index (κ3) is 4.23. The Bertz CT molecular complexity index is 1770. The Balaban J connectivity index is 1.51. The number of hydrogen-bond acceptors (Lipinski definition) is 7. The van der Waals surface area contributed by atoms with E-state index in [0.29, 0.717) is 29.6 Å². The minimum Gasteiger partial charge on any atom is -0.495 e. The van der Waals surface area contributed by atoms with Crippen LogP contribution < -0.4 is 20.1 Å². The van der Waals surface area contributed by atoms with Crippen molar-refractivity contribution < 1.29 is 14.3 Å². The molecule has 0 saturated heterocycles. The molecule has 2 N–H and O–H groups in total. The summed E-state index contributed by atoms with van der Waals surface area (Å²) in [6.07, 6.45) is 2.79. The van der Waals surface area contributed by atoms with Crippen molar-refractivity contribution in [2.45, 2.75) is 13.5 Å². The molecule has 0 saturated carbocycles. The van der Waals surface area contributed by atoms with Crippen molar-refractivity contribution in [3.05, 3.63) is 84.8 Å². The number of hydrogen-bond donors (Lipinski definition) is 2. The number of carbonyl (C=O) groups is 1. The van der Waals surface area contributed by atoms with Gasteiger partial charge in [0.05, 0.1) is 23.9 Å². The van der Waals surface area contributed by atoms with Crippen LogP contribution in [0.15, 0.2) is 73.6 Å². The third-order valence-corrected chi connectivity index (χ3v) is 6.76. The lowest BCUT2D eigenvalue weighted by Gasteiger charge is -2.15. The lowest BCUT2D eigenvalue weighted by atomic mass is 9.95. The number of rotatable bonds is 6. The minimum absolute atomic E-state index is 0.309. The summed E-state index contributed by atoms with van der Waals surface area (Å²) in [6.45, 7) is 6.02. The van der Waals surface area contributed by atoms with Crippen LogP contribution in [0.25, 0.3) is 33.4 Å². The zero-order valence-electron chi connectivity index (χ0n) is 21.8. The van der Waals surface area contributed by atoms with Gasteiger partial charge in [-0.15, -0.1) is 0 Å². The van der Waals surface area contributed by atoms with E-state index in [1.165, 1.54) is 6.08 Å². The number of ether oxygens (including phenoxy) is 2. The van der Waals surface area contributed by atoms with Gasteiger partial charge in [-0.25, -0.2) is 15.0 Å². The van der Waals surface area contributed by atoms with Crippen LogP contribution in [-0.2, 0) is 18.4 Å². The molecule has 0 unspecified atom stereocenters. The van der Waals surface area contributed by atoms with E-state index in [9.17, 15) is 4.79 Å². The standard InChI is InChI=1S/C30H26N6O3/c1-5-24(37)35-22-12-9-18(14-23(22)38-4)28-26-21-11-10-20(39-25-8-6-7-17(2)34-25)13-19(21)15-31-29-27(26)30(36(28)3)33-16-32-29/h5-14,16H,1,15H2,2-4H3,(H,35,37)(H,31,32,33). The molecule has 5 aromatic rings. The summed E-state index contributed by atoms with van der Waals surface area (Å²) in [5.41, 5.74) is 7.21. The number of nitrogens with zero attached hydrogens (tertiary/aromatic N) is 4.